The number of urea groups is 1. The summed E-state index contributed by atoms with van der Waals surface area (Å²) in [5.74, 6) is -6.28. The van der Waals surface area contributed by atoms with E-state index in [1.165, 1.54) is 30.3 Å². The summed E-state index contributed by atoms with van der Waals surface area (Å²) in [6.45, 7) is 0.687. The summed E-state index contributed by atoms with van der Waals surface area (Å²) in [6, 6.07) is 8.07. The fraction of sp³-hybridized carbons (Fsp3) is 0.269. The van der Waals surface area contributed by atoms with E-state index in [-0.39, 0.29) is 18.3 Å². The Kier molecular flexibility index (Phi) is 8.54. The molecule has 0 atom stereocenters. The molecule has 0 radical (unpaired) electrons. The molecule has 10 nitrogen and oxygen atoms in total. The second kappa shape index (κ2) is 11.9. The number of nitrogens with zero attached hydrogens (tertiary/aromatic N) is 4. The van der Waals surface area contributed by atoms with Crippen molar-refractivity contribution >= 4 is 35.4 Å². The van der Waals surface area contributed by atoms with Gasteiger partial charge in [0.25, 0.3) is 0 Å². The fourth-order valence-electron chi connectivity index (χ4n) is 4.37. The van der Waals surface area contributed by atoms with E-state index in [4.69, 9.17) is 9.90 Å². The third-order valence-corrected chi connectivity index (χ3v) is 6.45. The molecule has 2 aliphatic rings. The van der Waals surface area contributed by atoms with Gasteiger partial charge in [0, 0.05) is 24.2 Å². The zero-order chi connectivity index (χ0) is 30.8. The lowest BCUT2D eigenvalue weighted by Crippen LogP contribution is -2.44. The minimum atomic E-state index is -5.08. The number of piperidine rings is 1. The van der Waals surface area contributed by atoms with Gasteiger partial charge < -0.3 is 20.4 Å². The van der Waals surface area contributed by atoms with Crippen molar-refractivity contribution < 1.29 is 50.9 Å². The van der Waals surface area contributed by atoms with Crippen LogP contribution in [0.2, 0.25) is 0 Å². The van der Waals surface area contributed by atoms with Crippen LogP contribution in [-0.4, -0.2) is 57.4 Å². The number of hydrogen-bond donors (Lipinski definition) is 3. The maximum Gasteiger partial charge on any atom is 0.490 e. The second-order valence-corrected chi connectivity index (χ2v) is 9.15. The number of halogens is 6. The first-order valence-corrected chi connectivity index (χ1v) is 12.2. The lowest BCUT2D eigenvalue weighted by atomic mass is 9.97. The van der Waals surface area contributed by atoms with Gasteiger partial charge in [0.05, 0.1) is 18.2 Å². The summed E-state index contributed by atoms with van der Waals surface area (Å²) in [4.78, 5) is 44.9. The van der Waals surface area contributed by atoms with Crippen molar-refractivity contribution in [1.29, 1.82) is 0 Å². The number of carboxylic acids is 2. The molecule has 1 fully saturated rings. The van der Waals surface area contributed by atoms with Crippen LogP contribution in [0.15, 0.2) is 42.5 Å². The van der Waals surface area contributed by atoms with Crippen molar-refractivity contribution in [3.05, 3.63) is 65.5 Å². The van der Waals surface area contributed by atoms with Crippen molar-refractivity contribution in [3.63, 3.8) is 0 Å². The molecule has 42 heavy (non-hydrogen) atoms. The molecule has 3 heterocycles. The predicted molar refractivity (Wildman–Crippen MR) is 134 cm³/mol. The monoisotopic (exact) mass is 597 g/mol. The third-order valence-electron chi connectivity index (χ3n) is 6.45. The lowest BCUT2D eigenvalue weighted by molar-refractivity contribution is -0.192. The van der Waals surface area contributed by atoms with Crippen LogP contribution in [0, 0.1) is 23.4 Å². The number of aromatic nitrogens is 2. The Morgan fingerprint density at radius 3 is 2.02 bits per heavy atom. The van der Waals surface area contributed by atoms with E-state index in [0.717, 1.165) is 17.0 Å². The summed E-state index contributed by atoms with van der Waals surface area (Å²) >= 11 is 0. The number of amides is 2. The van der Waals surface area contributed by atoms with Crippen molar-refractivity contribution in [2.24, 2.45) is 5.92 Å². The van der Waals surface area contributed by atoms with Crippen LogP contribution in [-0.2, 0) is 16.1 Å². The number of carbonyl (C=O) groups is 3. The van der Waals surface area contributed by atoms with E-state index in [1.807, 2.05) is 0 Å². The molecule has 3 aromatic rings. The number of carbonyl (C=O) groups excluding carboxylic acids is 1. The number of nitrogens with one attached hydrogen (secondary N) is 1. The Morgan fingerprint density at radius 2 is 1.50 bits per heavy atom. The molecule has 0 bridgehead atoms. The van der Waals surface area contributed by atoms with Gasteiger partial charge in [0.2, 0.25) is 5.95 Å². The summed E-state index contributed by atoms with van der Waals surface area (Å²) in [5, 5.41) is 19.0. The number of benzene rings is 2. The van der Waals surface area contributed by atoms with Gasteiger partial charge in [-0.05, 0) is 49.2 Å². The summed E-state index contributed by atoms with van der Waals surface area (Å²) in [5.41, 5.74) is 0.720. The zero-order valence-electron chi connectivity index (χ0n) is 21.3. The number of para-hydroxylation sites is 1. The fourth-order valence-corrected chi connectivity index (χ4v) is 4.37. The maximum atomic E-state index is 14.7. The topological polar surface area (TPSA) is 136 Å². The van der Waals surface area contributed by atoms with E-state index in [2.05, 4.69) is 15.3 Å². The van der Waals surface area contributed by atoms with E-state index < -0.39 is 53.2 Å². The van der Waals surface area contributed by atoms with E-state index in [9.17, 15) is 41.0 Å². The van der Waals surface area contributed by atoms with E-state index >= 15 is 0 Å². The Balaban J connectivity index is 0.000000517. The normalized spacial score (nSPS) is 15.3. The van der Waals surface area contributed by atoms with E-state index in [1.54, 1.807) is 4.90 Å². The van der Waals surface area contributed by atoms with Crippen LogP contribution >= 0.6 is 0 Å². The summed E-state index contributed by atoms with van der Waals surface area (Å²) in [7, 11) is 0. The highest BCUT2D eigenvalue weighted by Crippen LogP contribution is 2.39. The van der Waals surface area contributed by atoms with Gasteiger partial charge in [-0.3, -0.25) is 4.79 Å². The third kappa shape index (κ3) is 6.37. The summed E-state index contributed by atoms with van der Waals surface area (Å²) < 4.78 is 74.8. The SMILES string of the molecule is O=C(O)C(F)(F)F.O=C(O)C1CCN(c2nc(-c3ccc(F)cc3)c3c(n2)N(c2c(F)cccc2F)C(=O)NC3)CC1. The molecular weight excluding hydrogens is 576 g/mol. The Morgan fingerprint density at radius 1 is 0.929 bits per heavy atom. The van der Waals surface area contributed by atoms with Crippen molar-refractivity contribution in [2.45, 2.75) is 25.6 Å². The molecule has 2 aliphatic heterocycles. The quantitative estimate of drug-likeness (QED) is 0.363. The standard InChI is InChI=1S/C24H20F3N5O3.C2HF3O2/c25-15-6-4-13(5-7-15)19-16-12-28-24(35)32(20-17(26)2-1-3-18(20)27)21(16)30-23(29-19)31-10-8-14(9-11-31)22(33)34;3-2(4,5)1(6)7/h1-7,14H,8-12H2,(H,28,35)(H,33,34);(H,6,7). The maximum absolute atomic E-state index is 14.7. The molecule has 0 spiro atoms. The van der Waals surface area contributed by atoms with Crippen molar-refractivity contribution in [1.82, 2.24) is 15.3 Å². The van der Waals surface area contributed by atoms with Gasteiger partial charge in [-0.15, -0.1) is 0 Å². The van der Waals surface area contributed by atoms with Crippen LogP contribution in [0.4, 0.5) is 48.6 Å². The highest BCUT2D eigenvalue weighted by atomic mass is 19.4. The first-order valence-electron chi connectivity index (χ1n) is 12.2. The van der Waals surface area contributed by atoms with Crippen LogP contribution in [0.25, 0.3) is 11.3 Å². The Bertz CT molecular complexity index is 1490. The highest BCUT2D eigenvalue weighted by Gasteiger charge is 2.38. The molecule has 0 saturated carbocycles. The zero-order valence-corrected chi connectivity index (χ0v) is 21.3. The highest BCUT2D eigenvalue weighted by molar-refractivity contribution is 6.02. The molecule has 3 N–H and O–H groups in total. The van der Waals surface area contributed by atoms with Crippen molar-refractivity contribution in [2.75, 3.05) is 22.9 Å². The minimum Gasteiger partial charge on any atom is -0.481 e. The number of carboxylic acid groups (broad SMARTS) is 2. The summed E-state index contributed by atoms with van der Waals surface area (Å²) in [6.07, 6.45) is -4.35. The molecule has 16 heteroatoms. The van der Waals surface area contributed by atoms with Crippen LogP contribution in [0.3, 0.4) is 0 Å². The number of rotatable bonds is 4. The predicted octanol–water partition coefficient (Wildman–Crippen LogP) is 4.86. The number of alkyl halides is 3. The van der Waals surface area contributed by atoms with Gasteiger partial charge in [-0.25, -0.2) is 32.6 Å². The largest absolute Gasteiger partial charge is 0.490 e. The smallest absolute Gasteiger partial charge is 0.481 e. The molecule has 222 valence electrons. The number of fused-ring (bicyclic) bond motifs is 1. The molecule has 0 unspecified atom stereocenters. The number of aliphatic carboxylic acids is 2. The molecule has 2 aromatic carbocycles. The van der Waals surface area contributed by atoms with E-state index in [0.29, 0.717) is 42.8 Å². The second-order valence-electron chi connectivity index (χ2n) is 9.15. The first kappa shape index (κ1) is 30.1. The van der Waals surface area contributed by atoms with Crippen LogP contribution < -0.4 is 15.1 Å². The Hall–Kier alpha value is -4.89. The van der Waals surface area contributed by atoms with Crippen LogP contribution in [0.5, 0.6) is 0 Å². The van der Waals surface area contributed by atoms with Crippen molar-refractivity contribution in [3.8, 4) is 11.3 Å². The van der Waals surface area contributed by atoms with Gasteiger partial charge >= 0.3 is 24.1 Å². The van der Waals surface area contributed by atoms with Crippen LogP contribution in [0.1, 0.15) is 18.4 Å². The Labute approximate surface area is 233 Å². The number of anilines is 3. The van der Waals surface area contributed by atoms with Gasteiger partial charge in [0.1, 0.15) is 23.1 Å². The van der Waals surface area contributed by atoms with Gasteiger partial charge in [-0.1, -0.05) is 6.07 Å². The molecule has 1 saturated heterocycles. The molecule has 0 aliphatic carbocycles. The van der Waals surface area contributed by atoms with Gasteiger partial charge in [0.15, 0.2) is 5.82 Å². The average molecular weight is 597 g/mol. The first-order chi connectivity index (χ1) is 19.8. The number of hydrogen-bond acceptors (Lipinski definition) is 6. The molecule has 1 aromatic heterocycles. The molecule has 2 amide bonds. The molecular formula is C26H21F6N5O5. The van der Waals surface area contributed by atoms with Gasteiger partial charge in [-0.2, -0.15) is 18.2 Å². The molecule has 5 rings (SSSR count). The lowest BCUT2D eigenvalue weighted by Gasteiger charge is -2.34. The average Bonchev–Trinajstić information content (AvgIpc) is 2.93. The minimum absolute atomic E-state index is 0.00225.